The van der Waals surface area contributed by atoms with E-state index < -0.39 is 0 Å². The van der Waals surface area contributed by atoms with Crippen LogP contribution in [0.25, 0.3) is 0 Å². The lowest BCUT2D eigenvalue weighted by Crippen LogP contribution is -2.51. The molecule has 1 saturated heterocycles. The highest BCUT2D eigenvalue weighted by Crippen LogP contribution is 2.25. The number of rotatable bonds is 7. The zero-order valence-corrected chi connectivity index (χ0v) is 17.1. The first-order valence-electron chi connectivity index (χ1n) is 7.88. The number of nitrogens with one attached hydrogen (secondary N) is 2. The normalized spacial score (nSPS) is 17.1. The number of methoxy groups -OCH3 is 1. The van der Waals surface area contributed by atoms with Gasteiger partial charge >= 0.3 is 0 Å². The molecule has 1 unspecified atom stereocenters. The lowest BCUT2D eigenvalue weighted by molar-refractivity contribution is -0.0971. The van der Waals surface area contributed by atoms with E-state index in [-0.39, 0.29) is 35.5 Å². The Balaban J connectivity index is 0.00000288. The molecule has 24 heavy (non-hydrogen) atoms. The Hall–Kier alpha value is -1.22. The summed E-state index contributed by atoms with van der Waals surface area (Å²) in [4.78, 5) is 4.23. The summed E-state index contributed by atoms with van der Waals surface area (Å²) in [6, 6.07) is 7.60. The molecule has 0 bridgehead atoms. The number of hydrogen-bond donors (Lipinski definition) is 2. The zero-order valence-electron chi connectivity index (χ0n) is 14.8. The molecule has 2 N–H and O–H groups in total. The fourth-order valence-corrected chi connectivity index (χ4v) is 2.26. The summed E-state index contributed by atoms with van der Waals surface area (Å²) in [5.74, 6) is 2.36. The molecule has 0 aromatic heterocycles. The van der Waals surface area contributed by atoms with Crippen molar-refractivity contribution in [1.29, 1.82) is 0 Å². The third-order valence-corrected chi connectivity index (χ3v) is 3.74. The van der Waals surface area contributed by atoms with Gasteiger partial charge in [-0.2, -0.15) is 0 Å². The molecule has 1 fully saturated rings. The van der Waals surface area contributed by atoms with E-state index in [2.05, 4.69) is 22.5 Å². The van der Waals surface area contributed by atoms with Crippen molar-refractivity contribution in [2.75, 3.05) is 40.5 Å². The first kappa shape index (κ1) is 20.8. The molecule has 0 aliphatic carbocycles. The zero-order chi connectivity index (χ0) is 16.7. The van der Waals surface area contributed by atoms with E-state index in [9.17, 15) is 0 Å². The summed E-state index contributed by atoms with van der Waals surface area (Å²) in [5.41, 5.74) is 0.209. The highest BCUT2D eigenvalue weighted by Gasteiger charge is 2.33. The first-order chi connectivity index (χ1) is 11.0. The van der Waals surface area contributed by atoms with Crippen molar-refractivity contribution in [2.24, 2.45) is 10.4 Å². The number of ether oxygens (including phenoxy) is 3. The van der Waals surface area contributed by atoms with Gasteiger partial charge in [0, 0.05) is 25.1 Å². The van der Waals surface area contributed by atoms with Crippen molar-refractivity contribution in [3.05, 3.63) is 24.3 Å². The first-order valence-corrected chi connectivity index (χ1v) is 7.88. The molecule has 6 nitrogen and oxygen atoms in total. The molecule has 1 aromatic carbocycles. The molecular weight excluding hydrogens is 421 g/mol. The van der Waals surface area contributed by atoms with Crippen LogP contribution in [-0.4, -0.2) is 52.5 Å². The summed E-state index contributed by atoms with van der Waals surface area (Å²) in [5, 5.41) is 6.61. The molecule has 7 heteroatoms. The maximum Gasteiger partial charge on any atom is 0.191 e. The average molecular weight is 449 g/mol. The van der Waals surface area contributed by atoms with Gasteiger partial charge in [-0.15, -0.1) is 24.0 Å². The largest absolute Gasteiger partial charge is 0.497 e. The quantitative estimate of drug-likeness (QED) is 0.380. The van der Waals surface area contributed by atoms with E-state index in [1.54, 1.807) is 14.2 Å². The number of nitrogens with zero attached hydrogens (tertiary/aromatic N) is 1. The van der Waals surface area contributed by atoms with Crippen LogP contribution in [0.4, 0.5) is 0 Å². The van der Waals surface area contributed by atoms with E-state index in [0.717, 1.165) is 37.2 Å². The molecule has 0 radical (unpaired) electrons. The lowest BCUT2D eigenvalue weighted by atomic mass is 9.89. The minimum atomic E-state index is 0. The number of halogens is 1. The fraction of sp³-hybridized carbons (Fsp3) is 0.588. The van der Waals surface area contributed by atoms with Crippen molar-refractivity contribution in [2.45, 2.75) is 20.0 Å². The number of hydrogen-bond acceptors (Lipinski definition) is 4. The minimum Gasteiger partial charge on any atom is -0.497 e. The van der Waals surface area contributed by atoms with E-state index in [4.69, 9.17) is 14.2 Å². The second-order valence-corrected chi connectivity index (χ2v) is 6.22. The van der Waals surface area contributed by atoms with E-state index in [0.29, 0.717) is 6.54 Å². The Morgan fingerprint density at radius 3 is 2.62 bits per heavy atom. The van der Waals surface area contributed by atoms with Gasteiger partial charge < -0.3 is 24.8 Å². The van der Waals surface area contributed by atoms with Gasteiger partial charge in [0.1, 0.15) is 17.6 Å². The predicted molar refractivity (Wildman–Crippen MR) is 107 cm³/mol. The fourth-order valence-electron chi connectivity index (χ4n) is 2.26. The third kappa shape index (κ3) is 6.35. The molecular formula is C17H28IN3O3. The molecule has 1 aromatic rings. The number of benzene rings is 1. The molecule has 1 aliphatic rings. The molecule has 1 aliphatic heterocycles. The van der Waals surface area contributed by atoms with Crippen LogP contribution < -0.4 is 20.1 Å². The Labute approximate surface area is 161 Å². The number of guanidine groups is 1. The van der Waals surface area contributed by atoms with Gasteiger partial charge in [-0.05, 0) is 19.1 Å². The summed E-state index contributed by atoms with van der Waals surface area (Å²) >= 11 is 0. The predicted octanol–water partition coefficient (Wildman–Crippen LogP) is 2.28. The summed E-state index contributed by atoms with van der Waals surface area (Å²) in [7, 11) is 3.41. The van der Waals surface area contributed by atoms with Gasteiger partial charge in [0.2, 0.25) is 0 Å². The monoisotopic (exact) mass is 449 g/mol. The second-order valence-electron chi connectivity index (χ2n) is 6.22. The highest BCUT2D eigenvalue weighted by atomic mass is 127. The lowest BCUT2D eigenvalue weighted by Gasteiger charge is -2.38. The van der Waals surface area contributed by atoms with E-state index in [1.807, 2.05) is 31.2 Å². The van der Waals surface area contributed by atoms with Crippen LogP contribution >= 0.6 is 24.0 Å². The van der Waals surface area contributed by atoms with Crippen LogP contribution in [0.5, 0.6) is 11.5 Å². The van der Waals surface area contributed by atoms with Gasteiger partial charge in [-0.25, -0.2) is 0 Å². The molecule has 1 heterocycles. The third-order valence-electron chi connectivity index (χ3n) is 3.74. The molecule has 136 valence electrons. The van der Waals surface area contributed by atoms with Crippen molar-refractivity contribution in [3.8, 4) is 11.5 Å². The summed E-state index contributed by atoms with van der Waals surface area (Å²) in [6.45, 7) is 7.31. The minimum absolute atomic E-state index is 0. The van der Waals surface area contributed by atoms with Crippen LogP contribution in [0.3, 0.4) is 0 Å². The SMILES string of the molecule is CN=C(NCC(C)Oc1cccc(OC)c1)NCC1(C)COC1.I. The highest BCUT2D eigenvalue weighted by molar-refractivity contribution is 14.0. The van der Waals surface area contributed by atoms with Gasteiger partial charge in [0.15, 0.2) is 5.96 Å². The van der Waals surface area contributed by atoms with Crippen LogP contribution in [-0.2, 0) is 4.74 Å². The van der Waals surface area contributed by atoms with Gasteiger partial charge in [-0.3, -0.25) is 4.99 Å². The topological polar surface area (TPSA) is 64.1 Å². The van der Waals surface area contributed by atoms with Crippen LogP contribution in [0.2, 0.25) is 0 Å². The van der Waals surface area contributed by atoms with Gasteiger partial charge in [0.25, 0.3) is 0 Å². The van der Waals surface area contributed by atoms with Gasteiger partial charge in [-0.1, -0.05) is 13.0 Å². The average Bonchev–Trinajstić information content (AvgIpc) is 2.53. The molecule has 1 atom stereocenters. The Morgan fingerprint density at radius 1 is 1.33 bits per heavy atom. The van der Waals surface area contributed by atoms with Crippen molar-refractivity contribution >= 4 is 29.9 Å². The van der Waals surface area contributed by atoms with Crippen molar-refractivity contribution in [1.82, 2.24) is 10.6 Å². The maximum atomic E-state index is 5.88. The van der Waals surface area contributed by atoms with Crippen molar-refractivity contribution < 1.29 is 14.2 Å². The summed E-state index contributed by atoms with van der Waals surface area (Å²) in [6.07, 6.45) is 0.00304. The van der Waals surface area contributed by atoms with Crippen LogP contribution in [0.1, 0.15) is 13.8 Å². The van der Waals surface area contributed by atoms with Gasteiger partial charge in [0.05, 0.1) is 26.9 Å². The maximum absolute atomic E-state index is 5.88. The molecule has 0 amide bonds. The molecule has 0 spiro atoms. The summed E-state index contributed by atoms with van der Waals surface area (Å²) < 4.78 is 16.3. The number of aliphatic imine (C=N–C) groups is 1. The van der Waals surface area contributed by atoms with E-state index in [1.165, 1.54) is 0 Å². The van der Waals surface area contributed by atoms with Crippen molar-refractivity contribution in [3.63, 3.8) is 0 Å². The Morgan fingerprint density at radius 2 is 2.04 bits per heavy atom. The van der Waals surface area contributed by atoms with Crippen LogP contribution in [0, 0.1) is 5.41 Å². The molecule has 0 saturated carbocycles. The van der Waals surface area contributed by atoms with E-state index >= 15 is 0 Å². The second kappa shape index (κ2) is 9.93. The Bertz CT molecular complexity index is 536. The molecule has 2 rings (SSSR count). The Kier molecular flexibility index (Phi) is 8.61. The smallest absolute Gasteiger partial charge is 0.191 e. The standard InChI is InChI=1S/C17H27N3O3.HI/c1-13(23-15-7-5-6-14(8-15)21-4)9-19-16(18-3)20-10-17(2)11-22-12-17;/h5-8,13H,9-12H2,1-4H3,(H2,18,19,20);1H. The van der Waals surface area contributed by atoms with Crippen LogP contribution in [0.15, 0.2) is 29.3 Å².